The van der Waals surface area contributed by atoms with Crippen LogP contribution in [0.25, 0.3) is 11.3 Å². The summed E-state index contributed by atoms with van der Waals surface area (Å²) in [4.78, 5) is 14.4. The summed E-state index contributed by atoms with van der Waals surface area (Å²) in [5.74, 6) is 0.569. The highest BCUT2D eigenvalue weighted by Gasteiger charge is 2.23. The van der Waals surface area contributed by atoms with Crippen molar-refractivity contribution in [3.8, 4) is 11.3 Å². The summed E-state index contributed by atoms with van der Waals surface area (Å²) in [5.41, 5.74) is 2.46. The smallest absolute Gasteiger partial charge is 0.252 e. The highest BCUT2D eigenvalue weighted by Crippen LogP contribution is 2.24. The SMILES string of the molecule is O=C(NC1CCCN(c2cc(-c3ccc(F)cc3)[nH]n2)C1)c1ccsc1. The molecule has 0 saturated carbocycles. The number of piperidine rings is 1. The van der Waals surface area contributed by atoms with Crippen molar-refractivity contribution < 1.29 is 9.18 Å². The lowest BCUT2D eigenvalue weighted by atomic mass is 10.1. The maximum absolute atomic E-state index is 13.1. The van der Waals surface area contributed by atoms with E-state index >= 15 is 0 Å². The van der Waals surface area contributed by atoms with Gasteiger partial charge < -0.3 is 10.2 Å². The summed E-state index contributed by atoms with van der Waals surface area (Å²) in [5, 5.41) is 14.3. The van der Waals surface area contributed by atoms with E-state index in [2.05, 4.69) is 20.4 Å². The monoisotopic (exact) mass is 370 g/mol. The second-order valence-electron chi connectivity index (χ2n) is 6.42. The minimum Gasteiger partial charge on any atom is -0.353 e. The Bertz CT molecular complexity index is 875. The van der Waals surface area contributed by atoms with E-state index < -0.39 is 0 Å². The number of nitrogens with zero attached hydrogens (tertiary/aromatic N) is 2. The number of rotatable bonds is 4. The van der Waals surface area contributed by atoms with Crippen molar-refractivity contribution >= 4 is 23.1 Å². The van der Waals surface area contributed by atoms with Crippen LogP contribution in [0.4, 0.5) is 10.2 Å². The van der Waals surface area contributed by atoms with Gasteiger partial charge in [0.2, 0.25) is 0 Å². The predicted octanol–water partition coefficient (Wildman–Crippen LogP) is 3.68. The Kier molecular flexibility index (Phi) is 4.71. The van der Waals surface area contributed by atoms with Crippen LogP contribution in [0, 0.1) is 5.82 Å². The van der Waals surface area contributed by atoms with Crippen molar-refractivity contribution in [1.82, 2.24) is 15.5 Å². The van der Waals surface area contributed by atoms with E-state index in [9.17, 15) is 9.18 Å². The summed E-state index contributed by atoms with van der Waals surface area (Å²) < 4.78 is 13.1. The molecular weight excluding hydrogens is 351 g/mol. The molecule has 0 spiro atoms. The van der Waals surface area contributed by atoms with Crippen LogP contribution < -0.4 is 10.2 Å². The zero-order valence-corrected chi connectivity index (χ0v) is 14.9. The molecule has 1 aliphatic heterocycles. The van der Waals surface area contributed by atoms with Crippen molar-refractivity contribution in [1.29, 1.82) is 0 Å². The van der Waals surface area contributed by atoms with Gasteiger partial charge in [0.05, 0.1) is 5.69 Å². The Morgan fingerprint density at radius 2 is 2.15 bits per heavy atom. The molecule has 1 unspecified atom stereocenters. The summed E-state index contributed by atoms with van der Waals surface area (Å²) in [6, 6.07) is 10.2. The topological polar surface area (TPSA) is 61.0 Å². The lowest BCUT2D eigenvalue weighted by Gasteiger charge is -2.33. The molecule has 1 amide bonds. The van der Waals surface area contributed by atoms with Crippen LogP contribution in [0.5, 0.6) is 0 Å². The molecule has 26 heavy (non-hydrogen) atoms. The molecule has 1 aliphatic rings. The van der Waals surface area contributed by atoms with E-state index in [-0.39, 0.29) is 17.8 Å². The molecule has 0 radical (unpaired) electrons. The fourth-order valence-corrected chi connectivity index (χ4v) is 3.85. The van der Waals surface area contributed by atoms with Crippen molar-refractivity contribution in [3.63, 3.8) is 0 Å². The van der Waals surface area contributed by atoms with Gasteiger partial charge in [-0.3, -0.25) is 9.89 Å². The van der Waals surface area contributed by atoms with Crippen LogP contribution in [0.3, 0.4) is 0 Å². The zero-order chi connectivity index (χ0) is 17.9. The number of amides is 1. The van der Waals surface area contributed by atoms with Gasteiger partial charge in [0.15, 0.2) is 5.82 Å². The summed E-state index contributed by atoms with van der Waals surface area (Å²) in [6.07, 6.45) is 1.95. The van der Waals surface area contributed by atoms with E-state index in [1.807, 2.05) is 22.9 Å². The number of H-pyrrole nitrogens is 1. The van der Waals surface area contributed by atoms with E-state index in [4.69, 9.17) is 0 Å². The number of benzene rings is 1. The number of aromatic amines is 1. The Morgan fingerprint density at radius 3 is 2.92 bits per heavy atom. The van der Waals surface area contributed by atoms with Crippen molar-refractivity contribution in [2.45, 2.75) is 18.9 Å². The minimum absolute atomic E-state index is 0.0212. The molecule has 1 fully saturated rings. The Balaban J connectivity index is 1.43. The van der Waals surface area contributed by atoms with Crippen LogP contribution in [-0.2, 0) is 0 Å². The summed E-state index contributed by atoms with van der Waals surface area (Å²) >= 11 is 1.52. The first-order valence-electron chi connectivity index (χ1n) is 8.58. The van der Waals surface area contributed by atoms with Crippen LogP contribution in [0.15, 0.2) is 47.2 Å². The van der Waals surface area contributed by atoms with Gasteiger partial charge in [-0.05, 0) is 54.1 Å². The van der Waals surface area contributed by atoms with Crippen LogP contribution in [0.2, 0.25) is 0 Å². The molecule has 1 saturated heterocycles. The number of hydrogen-bond donors (Lipinski definition) is 2. The molecule has 4 rings (SSSR count). The van der Waals surface area contributed by atoms with Crippen LogP contribution in [0.1, 0.15) is 23.2 Å². The molecule has 0 bridgehead atoms. The molecular formula is C19H19FN4OS. The van der Waals surface area contributed by atoms with E-state index in [0.717, 1.165) is 43.0 Å². The molecule has 2 aromatic heterocycles. The highest BCUT2D eigenvalue weighted by molar-refractivity contribution is 7.08. The first kappa shape index (κ1) is 16.8. The number of anilines is 1. The second kappa shape index (κ2) is 7.29. The zero-order valence-electron chi connectivity index (χ0n) is 14.1. The number of aromatic nitrogens is 2. The normalized spacial score (nSPS) is 17.3. The molecule has 0 aliphatic carbocycles. The van der Waals surface area contributed by atoms with Gasteiger partial charge >= 0.3 is 0 Å². The molecule has 2 N–H and O–H groups in total. The average molecular weight is 370 g/mol. The van der Waals surface area contributed by atoms with Crippen LogP contribution >= 0.6 is 11.3 Å². The largest absolute Gasteiger partial charge is 0.353 e. The lowest BCUT2D eigenvalue weighted by Crippen LogP contribution is -2.47. The predicted molar refractivity (Wildman–Crippen MR) is 101 cm³/mol. The number of nitrogens with one attached hydrogen (secondary N) is 2. The van der Waals surface area contributed by atoms with E-state index in [1.54, 1.807) is 12.1 Å². The number of hydrogen-bond acceptors (Lipinski definition) is 4. The van der Waals surface area contributed by atoms with Crippen LogP contribution in [-0.4, -0.2) is 35.2 Å². The van der Waals surface area contributed by atoms with Gasteiger partial charge in [-0.1, -0.05) is 0 Å². The average Bonchev–Trinajstić information content (AvgIpc) is 3.35. The lowest BCUT2D eigenvalue weighted by molar-refractivity contribution is 0.0933. The number of thiophene rings is 1. The molecule has 7 heteroatoms. The maximum atomic E-state index is 13.1. The Labute approximate surface area is 154 Å². The molecule has 3 aromatic rings. The molecule has 1 atom stereocenters. The second-order valence-corrected chi connectivity index (χ2v) is 7.20. The van der Waals surface area contributed by atoms with E-state index in [0.29, 0.717) is 5.56 Å². The highest BCUT2D eigenvalue weighted by atomic mass is 32.1. The van der Waals surface area contributed by atoms with Gasteiger partial charge in [0.1, 0.15) is 5.82 Å². The maximum Gasteiger partial charge on any atom is 0.252 e. The third kappa shape index (κ3) is 3.62. The first-order chi connectivity index (χ1) is 12.7. The first-order valence-corrected chi connectivity index (χ1v) is 9.53. The third-order valence-electron chi connectivity index (χ3n) is 4.58. The number of carbonyl (C=O) groups excluding carboxylic acids is 1. The van der Waals surface area contributed by atoms with Gasteiger partial charge in [0.25, 0.3) is 5.91 Å². The van der Waals surface area contributed by atoms with E-state index in [1.165, 1.54) is 23.5 Å². The summed E-state index contributed by atoms with van der Waals surface area (Å²) in [7, 11) is 0. The standard InChI is InChI=1S/C19H19FN4OS/c20-15-5-3-13(4-6-15)17-10-18(23-22-17)24-8-1-2-16(11-24)21-19(25)14-7-9-26-12-14/h3-7,9-10,12,16H,1-2,8,11H2,(H,21,25)(H,22,23). The third-order valence-corrected chi connectivity index (χ3v) is 5.27. The number of halogens is 1. The Morgan fingerprint density at radius 1 is 1.31 bits per heavy atom. The molecule has 3 heterocycles. The van der Waals surface area contributed by atoms with Crippen molar-refractivity contribution in [3.05, 3.63) is 58.5 Å². The fraction of sp³-hybridized carbons (Fsp3) is 0.263. The van der Waals surface area contributed by atoms with Gasteiger partial charge in [-0.2, -0.15) is 16.4 Å². The van der Waals surface area contributed by atoms with Crippen molar-refractivity contribution in [2.24, 2.45) is 0 Å². The van der Waals surface area contributed by atoms with Gasteiger partial charge in [-0.25, -0.2) is 4.39 Å². The Hall–Kier alpha value is -2.67. The van der Waals surface area contributed by atoms with Gasteiger partial charge in [-0.15, -0.1) is 0 Å². The van der Waals surface area contributed by atoms with Crippen molar-refractivity contribution in [2.75, 3.05) is 18.0 Å². The summed E-state index contributed by atoms with van der Waals surface area (Å²) in [6.45, 7) is 1.63. The fourth-order valence-electron chi connectivity index (χ4n) is 3.22. The minimum atomic E-state index is -0.256. The molecule has 5 nitrogen and oxygen atoms in total. The molecule has 1 aromatic carbocycles. The quantitative estimate of drug-likeness (QED) is 0.737. The number of carbonyl (C=O) groups is 1. The molecule has 134 valence electrons. The van der Waals surface area contributed by atoms with Gasteiger partial charge in [0, 0.05) is 36.1 Å².